The second-order valence-electron chi connectivity index (χ2n) is 2.83. The highest BCUT2D eigenvalue weighted by Crippen LogP contribution is 2.22. The summed E-state index contributed by atoms with van der Waals surface area (Å²) >= 11 is 0. The van der Waals surface area contributed by atoms with Crippen molar-refractivity contribution in [3.63, 3.8) is 0 Å². The summed E-state index contributed by atoms with van der Waals surface area (Å²) in [6, 6.07) is 0. The minimum Gasteiger partial charge on any atom is -0.368 e. The van der Waals surface area contributed by atoms with Crippen LogP contribution in [0, 0.1) is 0 Å². The quantitative estimate of drug-likeness (QED) is 0.649. The van der Waals surface area contributed by atoms with Gasteiger partial charge in [0.05, 0.1) is 6.10 Å². The van der Waals surface area contributed by atoms with Crippen molar-refractivity contribution in [1.82, 2.24) is 0 Å². The lowest BCUT2D eigenvalue weighted by atomic mass is 10.3. The maximum absolute atomic E-state index is 11.6. The number of halogens is 3. The van der Waals surface area contributed by atoms with Crippen LogP contribution in [0.2, 0.25) is 0 Å². The first kappa shape index (κ1) is 9.51. The first-order chi connectivity index (χ1) is 5.47. The van der Waals surface area contributed by atoms with E-state index in [9.17, 15) is 18.0 Å². The van der Waals surface area contributed by atoms with Crippen LogP contribution in [-0.2, 0) is 9.53 Å². The fraction of sp³-hybridized carbons (Fsp3) is 0.857. The summed E-state index contributed by atoms with van der Waals surface area (Å²) in [5.41, 5.74) is 0. The van der Waals surface area contributed by atoms with E-state index in [0.717, 1.165) is 0 Å². The van der Waals surface area contributed by atoms with Gasteiger partial charge in [0.2, 0.25) is 0 Å². The first-order valence-corrected chi connectivity index (χ1v) is 3.67. The third-order valence-electron chi connectivity index (χ3n) is 1.68. The molecule has 1 unspecified atom stereocenters. The first-order valence-electron chi connectivity index (χ1n) is 3.67. The van der Waals surface area contributed by atoms with E-state index < -0.39 is 18.9 Å². The number of ketones is 1. The van der Waals surface area contributed by atoms with E-state index in [1.807, 2.05) is 0 Å². The van der Waals surface area contributed by atoms with Crippen LogP contribution in [0.1, 0.15) is 19.3 Å². The zero-order valence-electron chi connectivity index (χ0n) is 6.36. The topological polar surface area (TPSA) is 26.3 Å². The van der Waals surface area contributed by atoms with Crippen LogP contribution < -0.4 is 0 Å². The molecular formula is C7H9F3O2. The summed E-state index contributed by atoms with van der Waals surface area (Å²) in [6.45, 7) is -1.25. The van der Waals surface area contributed by atoms with Crippen LogP contribution >= 0.6 is 0 Å². The molecule has 0 aromatic rings. The number of alkyl halides is 3. The Kier molecular flexibility index (Phi) is 2.72. The van der Waals surface area contributed by atoms with Gasteiger partial charge in [-0.3, -0.25) is 4.79 Å². The molecule has 5 heteroatoms. The molecule has 1 saturated carbocycles. The Labute approximate surface area is 67.7 Å². The predicted molar refractivity (Wildman–Crippen MR) is 34.7 cm³/mol. The molecule has 1 rings (SSSR count). The number of Topliss-reactive ketones (excluding diaryl/α,β-unsaturated/α-hetero) is 1. The van der Waals surface area contributed by atoms with Crippen molar-refractivity contribution in [2.75, 3.05) is 6.61 Å². The summed E-state index contributed by atoms with van der Waals surface area (Å²) in [7, 11) is 0. The normalized spacial score (nSPS) is 24.9. The lowest BCUT2D eigenvalue weighted by Gasteiger charge is -2.11. The van der Waals surface area contributed by atoms with Crippen molar-refractivity contribution in [1.29, 1.82) is 0 Å². The van der Waals surface area contributed by atoms with Crippen molar-refractivity contribution in [2.24, 2.45) is 0 Å². The van der Waals surface area contributed by atoms with Gasteiger partial charge in [-0.2, -0.15) is 13.2 Å². The Morgan fingerprint density at radius 3 is 2.58 bits per heavy atom. The van der Waals surface area contributed by atoms with Gasteiger partial charge in [0.15, 0.2) is 0 Å². The second-order valence-corrected chi connectivity index (χ2v) is 2.83. The molecule has 0 radical (unpaired) electrons. The minimum absolute atomic E-state index is 0.0119. The molecule has 0 aromatic heterocycles. The molecule has 12 heavy (non-hydrogen) atoms. The van der Waals surface area contributed by atoms with Crippen LogP contribution in [0.5, 0.6) is 0 Å². The van der Waals surface area contributed by atoms with Gasteiger partial charge in [0.1, 0.15) is 12.4 Å². The van der Waals surface area contributed by atoms with E-state index in [-0.39, 0.29) is 12.2 Å². The molecule has 0 saturated heterocycles. The summed E-state index contributed by atoms with van der Waals surface area (Å²) in [5, 5.41) is 0. The number of hydrogen-bond acceptors (Lipinski definition) is 2. The average molecular weight is 182 g/mol. The Morgan fingerprint density at radius 2 is 2.17 bits per heavy atom. The molecule has 0 heterocycles. The van der Waals surface area contributed by atoms with Crippen molar-refractivity contribution >= 4 is 5.78 Å². The maximum atomic E-state index is 11.6. The van der Waals surface area contributed by atoms with Gasteiger partial charge < -0.3 is 4.74 Å². The van der Waals surface area contributed by atoms with Gasteiger partial charge in [-0.05, 0) is 6.42 Å². The van der Waals surface area contributed by atoms with E-state index in [2.05, 4.69) is 4.74 Å². The Morgan fingerprint density at radius 1 is 1.50 bits per heavy atom. The van der Waals surface area contributed by atoms with Gasteiger partial charge >= 0.3 is 6.18 Å². The zero-order chi connectivity index (χ0) is 9.19. The van der Waals surface area contributed by atoms with Crippen molar-refractivity contribution in [3.05, 3.63) is 0 Å². The number of ether oxygens (including phenoxy) is 1. The summed E-state index contributed by atoms with van der Waals surface area (Å²) < 4.78 is 39.3. The van der Waals surface area contributed by atoms with E-state index in [0.29, 0.717) is 12.8 Å². The highest BCUT2D eigenvalue weighted by Gasteiger charge is 2.31. The van der Waals surface area contributed by atoms with Crippen LogP contribution in [-0.4, -0.2) is 24.7 Å². The molecule has 0 aromatic carbocycles. The van der Waals surface area contributed by atoms with E-state index in [1.54, 1.807) is 0 Å². The predicted octanol–water partition coefficient (Wildman–Crippen LogP) is 1.69. The summed E-state index contributed by atoms with van der Waals surface area (Å²) in [6.07, 6.45) is -3.89. The molecule has 0 aliphatic heterocycles. The van der Waals surface area contributed by atoms with E-state index in [1.165, 1.54) is 0 Å². The molecule has 0 N–H and O–H groups in total. The summed E-state index contributed by atoms with van der Waals surface area (Å²) in [4.78, 5) is 10.6. The Hall–Kier alpha value is -0.580. The van der Waals surface area contributed by atoms with E-state index >= 15 is 0 Å². The molecule has 1 aliphatic rings. The number of rotatable bonds is 2. The number of carbonyl (C=O) groups excluding carboxylic acids is 1. The molecule has 1 aliphatic carbocycles. The molecule has 70 valence electrons. The monoisotopic (exact) mass is 182 g/mol. The van der Waals surface area contributed by atoms with Crippen molar-refractivity contribution < 1.29 is 22.7 Å². The lowest BCUT2D eigenvalue weighted by molar-refractivity contribution is -0.184. The Bertz CT molecular complexity index is 176. The second kappa shape index (κ2) is 3.43. The van der Waals surface area contributed by atoms with E-state index in [4.69, 9.17) is 0 Å². The molecule has 2 nitrogen and oxygen atoms in total. The highest BCUT2D eigenvalue weighted by molar-refractivity contribution is 5.81. The molecule has 0 spiro atoms. The number of carbonyl (C=O) groups is 1. The van der Waals surface area contributed by atoms with Crippen LogP contribution in [0.4, 0.5) is 13.2 Å². The molecule has 0 amide bonds. The SMILES string of the molecule is O=C1CCC(OCC(F)(F)F)C1. The smallest absolute Gasteiger partial charge is 0.368 e. The largest absolute Gasteiger partial charge is 0.411 e. The van der Waals surface area contributed by atoms with Crippen LogP contribution in [0.15, 0.2) is 0 Å². The van der Waals surface area contributed by atoms with Gasteiger partial charge in [-0.25, -0.2) is 0 Å². The lowest BCUT2D eigenvalue weighted by Crippen LogP contribution is -2.21. The Balaban J connectivity index is 2.20. The average Bonchev–Trinajstić information content (AvgIpc) is 2.30. The van der Waals surface area contributed by atoms with Gasteiger partial charge in [0, 0.05) is 12.8 Å². The molecular weight excluding hydrogens is 173 g/mol. The minimum atomic E-state index is -4.29. The van der Waals surface area contributed by atoms with Crippen molar-refractivity contribution in [2.45, 2.75) is 31.5 Å². The molecule has 0 bridgehead atoms. The van der Waals surface area contributed by atoms with Crippen LogP contribution in [0.25, 0.3) is 0 Å². The number of hydrogen-bond donors (Lipinski definition) is 0. The summed E-state index contributed by atoms with van der Waals surface area (Å²) in [5.74, 6) is -0.0119. The third-order valence-corrected chi connectivity index (χ3v) is 1.68. The van der Waals surface area contributed by atoms with Gasteiger partial charge in [-0.15, -0.1) is 0 Å². The highest BCUT2D eigenvalue weighted by atomic mass is 19.4. The third kappa shape index (κ3) is 3.21. The van der Waals surface area contributed by atoms with Crippen molar-refractivity contribution in [3.8, 4) is 0 Å². The van der Waals surface area contributed by atoms with Gasteiger partial charge in [-0.1, -0.05) is 0 Å². The zero-order valence-corrected chi connectivity index (χ0v) is 6.36. The van der Waals surface area contributed by atoms with Gasteiger partial charge in [0.25, 0.3) is 0 Å². The standard InChI is InChI=1S/C7H9F3O2/c8-7(9,10)4-12-6-2-1-5(11)3-6/h6H,1-4H2. The fourth-order valence-electron chi connectivity index (χ4n) is 1.13. The molecule has 1 fully saturated rings. The maximum Gasteiger partial charge on any atom is 0.411 e. The molecule has 1 atom stereocenters. The van der Waals surface area contributed by atoms with Crippen LogP contribution in [0.3, 0.4) is 0 Å². The fourth-order valence-corrected chi connectivity index (χ4v) is 1.13.